The molecule has 6 nitrogen and oxygen atoms in total. The first kappa shape index (κ1) is 16.0. The first-order valence-electron chi connectivity index (χ1n) is 7.77. The second-order valence-corrected chi connectivity index (χ2v) is 5.91. The van der Waals surface area contributed by atoms with Crippen LogP contribution in [0.25, 0.3) is 0 Å². The fourth-order valence-corrected chi connectivity index (χ4v) is 2.75. The molecule has 1 aliphatic heterocycles. The van der Waals surface area contributed by atoms with E-state index in [4.69, 9.17) is 4.74 Å². The minimum absolute atomic E-state index is 0.232. The fourth-order valence-electron chi connectivity index (χ4n) is 2.75. The molecule has 3 rings (SSSR count). The molecule has 2 heterocycles. The van der Waals surface area contributed by atoms with Gasteiger partial charge in [-0.05, 0) is 49.2 Å². The third-order valence-corrected chi connectivity index (χ3v) is 3.81. The van der Waals surface area contributed by atoms with Crippen LogP contribution >= 0.6 is 0 Å². The highest BCUT2D eigenvalue weighted by Gasteiger charge is 2.32. The maximum absolute atomic E-state index is 12.1. The molecule has 1 aliphatic rings. The van der Waals surface area contributed by atoms with Crippen LogP contribution in [0.4, 0.5) is 10.5 Å². The lowest BCUT2D eigenvalue weighted by Gasteiger charge is -2.14. The SMILES string of the molecule is Cc1cc(C)cc(N2CC(CNC(=O)c3cccnc3)OC2=O)c1. The van der Waals surface area contributed by atoms with Gasteiger partial charge in [-0.15, -0.1) is 0 Å². The van der Waals surface area contributed by atoms with Gasteiger partial charge in [0.25, 0.3) is 5.91 Å². The Labute approximate surface area is 140 Å². The lowest BCUT2D eigenvalue weighted by atomic mass is 10.1. The number of amides is 2. The average molecular weight is 325 g/mol. The average Bonchev–Trinajstić information content (AvgIpc) is 2.93. The second-order valence-electron chi connectivity index (χ2n) is 5.91. The standard InChI is InChI=1S/C18H19N3O3/c1-12-6-13(2)8-15(7-12)21-11-16(24-18(21)23)10-20-17(22)14-4-3-5-19-9-14/h3-9,16H,10-11H2,1-2H3,(H,20,22). The number of anilines is 1. The number of pyridine rings is 1. The third-order valence-electron chi connectivity index (χ3n) is 3.81. The summed E-state index contributed by atoms with van der Waals surface area (Å²) in [5.41, 5.74) is 3.48. The van der Waals surface area contributed by atoms with Gasteiger partial charge in [0.1, 0.15) is 6.10 Å². The van der Waals surface area contributed by atoms with E-state index < -0.39 is 0 Å². The highest BCUT2D eigenvalue weighted by molar-refractivity contribution is 5.94. The van der Waals surface area contributed by atoms with E-state index in [9.17, 15) is 9.59 Å². The predicted octanol–water partition coefficient (Wildman–Crippen LogP) is 2.45. The number of cyclic esters (lactones) is 1. The minimum Gasteiger partial charge on any atom is -0.442 e. The molecule has 124 valence electrons. The van der Waals surface area contributed by atoms with Crippen molar-refractivity contribution in [1.82, 2.24) is 10.3 Å². The topological polar surface area (TPSA) is 71.5 Å². The highest BCUT2D eigenvalue weighted by atomic mass is 16.6. The molecule has 0 aliphatic carbocycles. The van der Waals surface area contributed by atoms with Crippen molar-refractivity contribution in [3.8, 4) is 0 Å². The first-order chi connectivity index (χ1) is 11.5. The first-order valence-corrected chi connectivity index (χ1v) is 7.77. The van der Waals surface area contributed by atoms with Crippen molar-refractivity contribution in [2.24, 2.45) is 0 Å². The van der Waals surface area contributed by atoms with E-state index in [-0.39, 0.29) is 24.6 Å². The van der Waals surface area contributed by atoms with E-state index in [2.05, 4.69) is 16.4 Å². The Kier molecular flexibility index (Phi) is 4.46. The van der Waals surface area contributed by atoms with Gasteiger partial charge in [0.05, 0.1) is 18.7 Å². The van der Waals surface area contributed by atoms with Crippen molar-refractivity contribution in [3.63, 3.8) is 0 Å². The summed E-state index contributed by atoms with van der Waals surface area (Å²) in [4.78, 5) is 29.6. The number of hydrogen-bond donors (Lipinski definition) is 1. The van der Waals surface area contributed by atoms with Gasteiger partial charge in [0.2, 0.25) is 0 Å². The monoisotopic (exact) mass is 325 g/mol. The zero-order chi connectivity index (χ0) is 17.1. The molecule has 1 fully saturated rings. The van der Waals surface area contributed by atoms with Crippen molar-refractivity contribution in [3.05, 3.63) is 59.4 Å². The molecule has 0 saturated carbocycles. The number of nitrogens with zero attached hydrogens (tertiary/aromatic N) is 2. The van der Waals surface area contributed by atoms with Crippen molar-refractivity contribution >= 4 is 17.7 Å². The van der Waals surface area contributed by atoms with Gasteiger partial charge >= 0.3 is 6.09 Å². The Bertz CT molecular complexity index is 741. The summed E-state index contributed by atoms with van der Waals surface area (Å²) in [6.07, 6.45) is 2.34. The van der Waals surface area contributed by atoms with E-state index in [1.807, 2.05) is 26.0 Å². The number of rotatable bonds is 4. The molecule has 1 unspecified atom stereocenters. The molecule has 0 radical (unpaired) electrons. The summed E-state index contributed by atoms with van der Waals surface area (Å²) >= 11 is 0. The number of benzene rings is 1. The molecule has 24 heavy (non-hydrogen) atoms. The zero-order valence-corrected chi connectivity index (χ0v) is 13.7. The van der Waals surface area contributed by atoms with Gasteiger partial charge in [-0.3, -0.25) is 14.7 Å². The maximum atomic E-state index is 12.1. The highest BCUT2D eigenvalue weighted by Crippen LogP contribution is 2.24. The van der Waals surface area contributed by atoms with Crippen LogP contribution in [-0.2, 0) is 4.74 Å². The second kappa shape index (κ2) is 6.70. The maximum Gasteiger partial charge on any atom is 0.414 e. The largest absolute Gasteiger partial charge is 0.442 e. The number of aryl methyl sites for hydroxylation is 2. The van der Waals surface area contributed by atoms with Crippen LogP contribution in [0.3, 0.4) is 0 Å². The summed E-state index contributed by atoms with van der Waals surface area (Å²) < 4.78 is 5.35. The Morgan fingerprint density at radius 3 is 2.75 bits per heavy atom. The molecule has 2 amide bonds. The fraction of sp³-hybridized carbons (Fsp3) is 0.278. The molecule has 1 aromatic carbocycles. The summed E-state index contributed by atoms with van der Waals surface area (Å²) in [6, 6.07) is 9.34. The smallest absolute Gasteiger partial charge is 0.414 e. The number of aromatic nitrogens is 1. The van der Waals surface area contributed by atoms with Crippen molar-refractivity contribution in [2.75, 3.05) is 18.0 Å². The third kappa shape index (κ3) is 3.53. The molecule has 1 saturated heterocycles. The molecule has 1 aromatic heterocycles. The van der Waals surface area contributed by atoms with Gasteiger partial charge in [-0.1, -0.05) is 6.07 Å². The number of carbonyl (C=O) groups excluding carboxylic acids is 2. The number of hydrogen-bond acceptors (Lipinski definition) is 4. The van der Waals surface area contributed by atoms with Crippen LogP contribution in [0.15, 0.2) is 42.7 Å². The van der Waals surface area contributed by atoms with E-state index in [1.165, 1.54) is 6.20 Å². The van der Waals surface area contributed by atoms with E-state index in [0.717, 1.165) is 16.8 Å². The van der Waals surface area contributed by atoms with Gasteiger partial charge in [-0.25, -0.2) is 4.79 Å². The summed E-state index contributed by atoms with van der Waals surface area (Å²) in [5.74, 6) is -0.232. The minimum atomic E-state index is -0.388. The van der Waals surface area contributed by atoms with Gasteiger partial charge in [-0.2, -0.15) is 0 Å². The predicted molar refractivity (Wildman–Crippen MR) is 90.1 cm³/mol. The van der Waals surface area contributed by atoms with Crippen LogP contribution in [0.2, 0.25) is 0 Å². The van der Waals surface area contributed by atoms with Crippen LogP contribution in [-0.4, -0.2) is 36.2 Å². The Balaban J connectivity index is 1.62. The zero-order valence-electron chi connectivity index (χ0n) is 13.7. The van der Waals surface area contributed by atoms with Gasteiger partial charge < -0.3 is 10.1 Å². The van der Waals surface area contributed by atoms with Crippen LogP contribution in [0.1, 0.15) is 21.5 Å². The quantitative estimate of drug-likeness (QED) is 0.937. The molecule has 2 aromatic rings. The van der Waals surface area contributed by atoms with Crippen LogP contribution < -0.4 is 10.2 Å². The molecular formula is C18H19N3O3. The summed E-state index contributed by atoms with van der Waals surface area (Å²) in [6.45, 7) is 4.66. The lowest BCUT2D eigenvalue weighted by Crippen LogP contribution is -2.34. The Morgan fingerprint density at radius 2 is 2.08 bits per heavy atom. The van der Waals surface area contributed by atoms with E-state index in [0.29, 0.717) is 12.1 Å². The summed E-state index contributed by atoms with van der Waals surface area (Å²) in [5, 5.41) is 2.77. The molecule has 0 bridgehead atoms. The van der Waals surface area contributed by atoms with Crippen molar-refractivity contribution in [1.29, 1.82) is 0 Å². The van der Waals surface area contributed by atoms with Crippen molar-refractivity contribution < 1.29 is 14.3 Å². The molecule has 1 atom stereocenters. The van der Waals surface area contributed by atoms with E-state index in [1.54, 1.807) is 23.2 Å². The number of nitrogens with one attached hydrogen (secondary N) is 1. The molecular weight excluding hydrogens is 306 g/mol. The molecule has 1 N–H and O–H groups in total. The number of ether oxygens (including phenoxy) is 1. The Morgan fingerprint density at radius 1 is 1.33 bits per heavy atom. The van der Waals surface area contributed by atoms with E-state index >= 15 is 0 Å². The lowest BCUT2D eigenvalue weighted by molar-refractivity contribution is 0.0915. The molecule has 0 spiro atoms. The van der Waals surface area contributed by atoms with Crippen molar-refractivity contribution in [2.45, 2.75) is 20.0 Å². The summed E-state index contributed by atoms with van der Waals surface area (Å²) in [7, 11) is 0. The Hall–Kier alpha value is -2.89. The van der Waals surface area contributed by atoms with Crippen LogP contribution in [0.5, 0.6) is 0 Å². The van der Waals surface area contributed by atoms with Gasteiger partial charge in [0, 0.05) is 18.1 Å². The number of carbonyl (C=O) groups is 2. The van der Waals surface area contributed by atoms with Crippen LogP contribution in [0, 0.1) is 13.8 Å². The normalized spacial score (nSPS) is 16.8. The molecule has 6 heteroatoms. The van der Waals surface area contributed by atoms with Gasteiger partial charge in [0.15, 0.2) is 0 Å².